The number of carbonyl (C=O) groups is 1. The number of thioether (sulfide) groups is 1. The van der Waals surface area contributed by atoms with Gasteiger partial charge in [0.1, 0.15) is 18.8 Å². The molecule has 31 heavy (non-hydrogen) atoms. The van der Waals surface area contributed by atoms with Gasteiger partial charge in [0.25, 0.3) is 5.56 Å². The van der Waals surface area contributed by atoms with Gasteiger partial charge in [0, 0.05) is 22.6 Å². The molecule has 2 heterocycles. The zero-order valence-corrected chi connectivity index (χ0v) is 18.5. The number of hydrogen-bond acceptors (Lipinski definition) is 11. The highest BCUT2D eigenvalue weighted by molar-refractivity contribution is 8.13. The molecule has 1 saturated heterocycles. The molecule has 1 saturated carbocycles. The number of aromatic nitrogens is 2. The average Bonchev–Trinajstić information content (AvgIpc) is 3.22. The fraction of sp³-hybridized carbons (Fsp3) is 0.706. The number of carbonyl (C=O) groups excluding carboxylic acids is 1. The maximum Gasteiger partial charge on any atom is 0.697 e. The molecule has 4 N–H and O–H groups in total. The van der Waals surface area contributed by atoms with Crippen molar-refractivity contribution in [2.75, 3.05) is 25.6 Å². The first-order valence-electron chi connectivity index (χ1n) is 9.39. The predicted molar refractivity (Wildman–Crippen MR) is 108 cm³/mol. The summed E-state index contributed by atoms with van der Waals surface area (Å²) in [6.45, 7) is 2.30. The molecule has 1 aliphatic heterocycles. The van der Waals surface area contributed by atoms with Crippen LogP contribution in [0.3, 0.4) is 0 Å². The average molecular weight is 479 g/mol. The highest BCUT2D eigenvalue weighted by atomic mass is 32.2. The minimum absolute atomic E-state index is 0.0601. The summed E-state index contributed by atoms with van der Waals surface area (Å²) in [6.07, 6.45) is -3.11. The van der Waals surface area contributed by atoms with Gasteiger partial charge in [0.05, 0.1) is 24.0 Å². The van der Waals surface area contributed by atoms with E-state index in [9.17, 15) is 29.2 Å². The van der Waals surface area contributed by atoms with Crippen LogP contribution in [0.2, 0.25) is 0 Å². The number of rotatable bonds is 10. The molecule has 0 amide bonds. The van der Waals surface area contributed by atoms with E-state index < -0.39 is 61.5 Å². The van der Waals surface area contributed by atoms with Gasteiger partial charge in [-0.25, -0.2) is 4.79 Å². The molecule has 1 aromatic heterocycles. The van der Waals surface area contributed by atoms with E-state index in [1.54, 1.807) is 13.8 Å². The Hall–Kier alpha value is -1.44. The summed E-state index contributed by atoms with van der Waals surface area (Å²) < 4.78 is 29.0. The highest BCUT2D eigenvalue weighted by Crippen LogP contribution is 2.63. The molecule has 6 atom stereocenters. The van der Waals surface area contributed by atoms with Crippen molar-refractivity contribution in [1.29, 1.82) is 0 Å². The van der Waals surface area contributed by atoms with Gasteiger partial charge in [-0.3, -0.25) is 19.1 Å². The zero-order chi connectivity index (χ0) is 23.0. The number of fused-ring (bicyclic) bond motifs is 1. The zero-order valence-electron chi connectivity index (χ0n) is 16.8. The van der Waals surface area contributed by atoms with Crippen molar-refractivity contribution in [1.82, 2.24) is 9.55 Å². The number of nitrogens with one attached hydrogen (secondary N) is 1. The first kappa shape index (κ1) is 24.2. The largest absolute Gasteiger partial charge is 0.697 e. The van der Waals surface area contributed by atoms with Crippen LogP contribution in [-0.4, -0.2) is 73.9 Å². The minimum atomic E-state index is -2.62. The molecular formula is C17H24N2O10PS+. The molecular weight excluding hydrogens is 455 g/mol. The van der Waals surface area contributed by atoms with Crippen molar-refractivity contribution in [3.63, 3.8) is 0 Å². The number of hydrogen-bond donors (Lipinski definition) is 4. The lowest BCUT2D eigenvalue weighted by atomic mass is 9.97. The van der Waals surface area contributed by atoms with Crippen LogP contribution < -0.4 is 11.2 Å². The molecule has 3 rings (SSSR count). The Balaban J connectivity index is 1.52. The maximum absolute atomic E-state index is 12.1. The van der Waals surface area contributed by atoms with Crippen molar-refractivity contribution in [2.45, 2.75) is 38.4 Å². The number of aromatic amines is 1. The summed E-state index contributed by atoms with van der Waals surface area (Å²) in [4.78, 5) is 37.1. The molecule has 12 nitrogen and oxygen atoms in total. The van der Waals surface area contributed by atoms with Crippen molar-refractivity contribution < 1.29 is 38.5 Å². The molecule has 1 aromatic rings. The van der Waals surface area contributed by atoms with Crippen LogP contribution in [0, 0.1) is 10.8 Å². The first-order valence-corrected chi connectivity index (χ1v) is 11.5. The van der Waals surface area contributed by atoms with Gasteiger partial charge < -0.3 is 20.1 Å². The van der Waals surface area contributed by atoms with Crippen LogP contribution in [0.1, 0.15) is 20.1 Å². The van der Waals surface area contributed by atoms with E-state index in [4.69, 9.17) is 18.9 Å². The summed E-state index contributed by atoms with van der Waals surface area (Å²) in [6, 6.07) is 1.09. The van der Waals surface area contributed by atoms with Crippen LogP contribution in [0.25, 0.3) is 0 Å². The molecule has 0 radical (unpaired) electrons. The molecule has 172 valence electrons. The van der Waals surface area contributed by atoms with E-state index in [-0.39, 0.29) is 24.1 Å². The Morgan fingerprint density at radius 3 is 2.71 bits per heavy atom. The van der Waals surface area contributed by atoms with Crippen molar-refractivity contribution >= 4 is 25.1 Å². The normalized spacial score (nSPS) is 30.2. The second-order valence-electron chi connectivity index (χ2n) is 7.94. The molecule has 2 aliphatic rings. The monoisotopic (exact) mass is 479 g/mol. The van der Waals surface area contributed by atoms with Crippen LogP contribution in [0.15, 0.2) is 21.9 Å². The predicted octanol–water partition coefficient (Wildman–Crippen LogP) is -0.875. The standard InChI is InChI=1S/C17H23N2O10PS/c1-16(2,7-20)14(24)31-6-5-27-30(26)29-12-11-17(12,8-21)10(23)13(28-11)19-4-3-9(22)18-15(19)25/h3-4,10-13,20-21,23H,5-8H2,1-2H3/p+1/t10-,11+,12?,13+,17+/m0/s1. The molecule has 14 heteroatoms. The van der Waals surface area contributed by atoms with E-state index in [1.807, 2.05) is 4.98 Å². The fourth-order valence-corrected chi connectivity index (χ4v) is 5.04. The van der Waals surface area contributed by atoms with E-state index >= 15 is 0 Å². The quantitative estimate of drug-likeness (QED) is 0.242. The number of nitrogens with zero attached hydrogens (tertiary/aromatic N) is 1. The van der Waals surface area contributed by atoms with Crippen LogP contribution >= 0.6 is 20.0 Å². The van der Waals surface area contributed by atoms with Gasteiger partial charge in [-0.05, 0) is 13.8 Å². The molecule has 2 unspecified atom stereocenters. The summed E-state index contributed by atoms with van der Waals surface area (Å²) >= 11 is 0.935. The second-order valence-corrected chi connectivity index (χ2v) is 9.92. The molecule has 1 aliphatic carbocycles. The van der Waals surface area contributed by atoms with Gasteiger partial charge in [-0.15, -0.1) is 9.05 Å². The maximum atomic E-state index is 12.1. The molecule has 0 bridgehead atoms. The third kappa shape index (κ3) is 4.55. The fourth-order valence-electron chi connectivity index (χ4n) is 3.31. The summed E-state index contributed by atoms with van der Waals surface area (Å²) in [5.41, 5.74) is -3.56. The Kier molecular flexibility index (Phi) is 7.18. The van der Waals surface area contributed by atoms with Gasteiger partial charge in [-0.1, -0.05) is 11.8 Å². The van der Waals surface area contributed by atoms with Gasteiger partial charge >= 0.3 is 13.9 Å². The minimum Gasteiger partial charge on any atom is -0.395 e. The Bertz CT molecular complexity index is 965. The first-order chi connectivity index (χ1) is 14.6. The second kappa shape index (κ2) is 9.20. The van der Waals surface area contributed by atoms with Crippen molar-refractivity contribution in [3.05, 3.63) is 33.1 Å². The summed E-state index contributed by atoms with van der Waals surface area (Å²) in [7, 11) is -2.62. The van der Waals surface area contributed by atoms with Crippen LogP contribution in [0.4, 0.5) is 0 Å². The summed E-state index contributed by atoms with van der Waals surface area (Å²) in [5.74, 6) is 0.197. The number of H-pyrrole nitrogens is 1. The Morgan fingerprint density at radius 2 is 2.13 bits per heavy atom. The molecule has 2 fully saturated rings. The lowest BCUT2D eigenvalue weighted by Gasteiger charge is -2.23. The van der Waals surface area contributed by atoms with Crippen LogP contribution in [-0.2, 0) is 23.1 Å². The Morgan fingerprint density at radius 1 is 1.42 bits per heavy atom. The van der Waals surface area contributed by atoms with E-state index in [2.05, 4.69) is 0 Å². The van der Waals surface area contributed by atoms with Gasteiger partial charge in [0.15, 0.2) is 17.4 Å². The number of aliphatic hydroxyl groups excluding tert-OH is 3. The lowest BCUT2D eigenvalue weighted by molar-refractivity contribution is -0.119. The van der Waals surface area contributed by atoms with E-state index in [0.29, 0.717) is 0 Å². The third-order valence-corrected chi connectivity index (χ3v) is 7.37. The smallest absolute Gasteiger partial charge is 0.395 e. The Labute approximate surface area is 181 Å². The summed E-state index contributed by atoms with van der Waals surface area (Å²) in [5, 5.41) is 29.4. The van der Waals surface area contributed by atoms with Gasteiger partial charge in [-0.2, -0.15) is 0 Å². The number of ether oxygens (including phenoxy) is 1. The topological polar surface area (TPSA) is 177 Å². The molecule has 0 aromatic carbocycles. The SMILES string of the molecule is CC(C)(CO)C(=O)SCCO[P+](=O)OC1[C@H]2O[C@@H](n3ccc(=O)[nH]c3=O)[C@H](O)[C@@]12CO. The molecule has 0 spiro atoms. The van der Waals surface area contributed by atoms with E-state index in [0.717, 1.165) is 22.4 Å². The number of aliphatic hydroxyl groups is 3. The van der Waals surface area contributed by atoms with Crippen LogP contribution in [0.5, 0.6) is 0 Å². The third-order valence-electron chi connectivity index (χ3n) is 5.39. The van der Waals surface area contributed by atoms with Crippen molar-refractivity contribution in [2.24, 2.45) is 10.8 Å². The lowest BCUT2D eigenvalue weighted by Crippen LogP contribution is -2.40. The van der Waals surface area contributed by atoms with E-state index in [1.165, 1.54) is 6.20 Å². The van der Waals surface area contributed by atoms with Gasteiger partial charge in [0.2, 0.25) is 0 Å². The van der Waals surface area contributed by atoms with Crippen molar-refractivity contribution in [3.8, 4) is 0 Å². The highest BCUT2D eigenvalue weighted by Gasteiger charge is 2.80.